The fourth-order valence-corrected chi connectivity index (χ4v) is 3.48. The summed E-state index contributed by atoms with van der Waals surface area (Å²) in [5.74, 6) is -5.00. The standard InChI is InChI=1S/C19H19F5N6O2/c1-11-26-28-30(27-11)8-13-7-14(19(22,23)24)5-3-12(13)4-6-15(31)29-10-18(20,21)9-17(29,2)16(25)32/h3-7H,8-10H2,1-2H3,(H2,25,32)/b6-4+/t17-/m0/s1. The van der Waals surface area contributed by atoms with Gasteiger partial charge in [0.25, 0.3) is 5.92 Å². The molecule has 32 heavy (non-hydrogen) atoms. The lowest BCUT2D eigenvalue weighted by molar-refractivity contribution is -0.139. The van der Waals surface area contributed by atoms with Crippen molar-refractivity contribution in [3.63, 3.8) is 0 Å². The highest BCUT2D eigenvalue weighted by atomic mass is 19.4. The van der Waals surface area contributed by atoms with Crippen molar-refractivity contribution in [2.24, 2.45) is 5.73 Å². The highest BCUT2D eigenvalue weighted by molar-refractivity contribution is 5.97. The Morgan fingerprint density at radius 2 is 1.97 bits per heavy atom. The first-order valence-electron chi connectivity index (χ1n) is 9.33. The van der Waals surface area contributed by atoms with Gasteiger partial charge in [-0.15, -0.1) is 10.2 Å². The van der Waals surface area contributed by atoms with E-state index in [9.17, 15) is 31.5 Å². The highest BCUT2D eigenvalue weighted by Crippen LogP contribution is 2.39. The summed E-state index contributed by atoms with van der Waals surface area (Å²) < 4.78 is 67.2. The molecule has 2 heterocycles. The molecule has 0 saturated carbocycles. The highest BCUT2D eigenvalue weighted by Gasteiger charge is 2.56. The summed E-state index contributed by atoms with van der Waals surface area (Å²) in [6.07, 6.45) is -3.44. The maximum Gasteiger partial charge on any atom is 0.416 e. The third kappa shape index (κ3) is 4.75. The molecular formula is C19H19F5N6O2. The minimum Gasteiger partial charge on any atom is -0.368 e. The van der Waals surface area contributed by atoms with Gasteiger partial charge in [0.2, 0.25) is 11.8 Å². The van der Waals surface area contributed by atoms with E-state index in [4.69, 9.17) is 5.73 Å². The molecule has 0 aliphatic carbocycles. The Bertz CT molecular complexity index is 1080. The number of nitrogens with two attached hydrogens (primary N) is 1. The number of carbonyl (C=O) groups excluding carboxylic acids is 2. The second-order valence-electron chi connectivity index (χ2n) is 7.71. The summed E-state index contributed by atoms with van der Waals surface area (Å²) in [6.45, 7) is 1.51. The van der Waals surface area contributed by atoms with Crippen molar-refractivity contribution >= 4 is 17.9 Å². The van der Waals surface area contributed by atoms with Crippen molar-refractivity contribution in [3.8, 4) is 0 Å². The molecule has 1 aliphatic rings. The van der Waals surface area contributed by atoms with E-state index < -0.39 is 48.0 Å². The van der Waals surface area contributed by atoms with Crippen molar-refractivity contribution < 1.29 is 31.5 Å². The molecule has 2 N–H and O–H groups in total. The first-order valence-corrected chi connectivity index (χ1v) is 9.33. The molecule has 13 heteroatoms. The van der Waals surface area contributed by atoms with E-state index >= 15 is 0 Å². The molecule has 0 unspecified atom stereocenters. The SMILES string of the molecule is Cc1nnn(Cc2cc(C(F)(F)F)ccc2/C=C/C(=O)N2CC(F)(F)C[C@@]2(C)C(N)=O)n1. The molecular weight excluding hydrogens is 439 g/mol. The van der Waals surface area contributed by atoms with E-state index in [0.717, 1.165) is 36.0 Å². The van der Waals surface area contributed by atoms with Crippen LogP contribution in [0.4, 0.5) is 22.0 Å². The van der Waals surface area contributed by atoms with Crippen LogP contribution in [0.15, 0.2) is 24.3 Å². The quantitative estimate of drug-likeness (QED) is 0.546. The van der Waals surface area contributed by atoms with Gasteiger partial charge in [-0.1, -0.05) is 6.07 Å². The minimum atomic E-state index is -4.61. The number of aromatic nitrogens is 4. The molecule has 1 aromatic heterocycles. The minimum absolute atomic E-state index is 0.116. The second-order valence-corrected chi connectivity index (χ2v) is 7.71. The number of rotatable bonds is 5. The van der Waals surface area contributed by atoms with Gasteiger partial charge in [-0.3, -0.25) is 9.59 Å². The molecule has 0 bridgehead atoms. The smallest absolute Gasteiger partial charge is 0.368 e. The zero-order valence-electron chi connectivity index (χ0n) is 17.0. The lowest BCUT2D eigenvalue weighted by Gasteiger charge is -2.30. The maximum absolute atomic E-state index is 13.9. The van der Waals surface area contributed by atoms with Gasteiger partial charge < -0.3 is 10.6 Å². The van der Waals surface area contributed by atoms with Crippen LogP contribution in [0.25, 0.3) is 6.08 Å². The number of amides is 2. The van der Waals surface area contributed by atoms with Gasteiger partial charge in [-0.05, 0) is 48.4 Å². The van der Waals surface area contributed by atoms with Crippen LogP contribution in [0.3, 0.4) is 0 Å². The van der Waals surface area contributed by atoms with Gasteiger partial charge in [0, 0.05) is 12.5 Å². The third-order valence-electron chi connectivity index (χ3n) is 5.13. The number of nitrogens with zero attached hydrogens (tertiary/aromatic N) is 5. The van der Waals surface area contributed by atoms with Gasteiger partial charge >= 0.3 is 6.18 Å². The van der Waals surface area contributed by atoms with Crippen LogP contribution in [0.1, 0.15) is 35.9 Å². The van der Waals surface area contributed by atoms with E-state index in [1.807, 2.05) is 0 Å². The Hall–Kier alpha value is -3.38. The number of hydrogen-bond acceptors (Lipinski definition) is 5. The number of tetrazole rings is 1. The lowest BCUT2D eigenvalue weighted by atomic mass is 9.97. The zero-order valence-corrected chi connectivity index (χ0v) is 17.0. The molecule has 1 aliphatic heterocycles. The molecule has 1 saturated heterocycles. The summed E-state index contributed by atoms with van der Waals surface area (Å²) in [7, 11) is 0. The van der Waals surface area contributed by atoms with Crippen molar-refractivity contribution in [1.82, 2.24) is 25.1 Å². The number of primary amides is 1. The van der Waals surface area contributed by atoms with Gasteiger partial charge in [0.15, 0.2) is 5.82 Å². The number of benzene rings is 1. The van der Waals surface area contributed by atoms with Crippen molar-refractivity contribution in [3.05, 3.63) is 46.8 Å². The van der Waals surface area contributed by atoms with Crippen LogP contribution >= 0.6 is 0 Å². The number of carbonyl (C=O) groups is 2. The second kappa shape index (κ2) is 7.95. The van der Waals surface area contributed by atoms with Gasteiger partial charge in [0.05, 0.1) is 18.7 Å². The van der Waals surface area contributed by atoms with E-state index in [0.29, 0.717) is 10.7 Å². The molecule has 0 spiro atoms. The molecule has 1 fully saturated rings. The summed E-state index contributed by atoms with van der Waals surface area (Å²) >= 11 is 0. The van der Waals surface area contributed by atoms with Crippen molar-refractivity contribution in [2.45, 2.75) is 44.5 Å². The zero-order chi connectivity index (χ0) is 23.9. The first kappa shape index (κ1) is 23.3. The average molecular weight is 458 g/mol. The Balaban J connectivity index is 1.93. The molecule has 2 aromatic rings. The lowest BCUT2D eigenvalue weighted by Crippen LogP contribution is -2.53. The normalized spacial score (nSPS) is 20.8. The van der Waals surface area contributed by atoms with E-state index in [2.05, 4.69) is 15.4 Å². The molecule has 1 atom stereocenters. The number of hydrogen-bond donors (Lipinski definition) is 1. The van der Waals surface area contributed by atoms with Crippen LogP contribution in [0, 0.1) is 6.92 Å². The predicted molar refractivity (Wildman–Crippen MR) is 101 cm³/mol. The van der Waals surface area contributed by atoms with Crippen LogP contribution in [0.2, 0.25) is 0 Å². The Kier molecular flexibility index (Phi) is 5.78. The summed E-state index contributed by atoms with van der Waals surface area (Å²) in [6, 6.07) is 2.84. The molecule has 1 aromatic carbocycles. The molecule has 2 amide bonds. The van der Waals surface area contributed by atoms with Crippen molar-refractivity contribution in [2.75, 3.05) is 6.54 Å². The van der Waals surface area contributed by atoms with Gasteiger partial charge in [0.1, 0.15) is 5.54 Å². The Labute approximate surface area is 178 Å². The summed E-state index contributed by atoms with van der Waals surface area (Å²) in [4.78, 5) is 26.1. The molecule has 3 rings (SSSR count). The largest absolute Gasteiger partial charge is 0.416 e. The van der Waals surface area contributed by atoms with E-state index in [-0.39, 0.29) is 17.7 Å². The fraction of sp³-hybridized carbons (Fsp3) is 0.421. The number of alkyl halides is 5. The van der Waals surface area contributed by atoms with Crippen molar-refractivity contribution in [1.29, 1.82) is 0 Å². The predicted octanol–water partition coefficient (Wildman–Crippen LogP) is 2.17. The first-order chi connectivity index (χ1) is 14.7. The summed E-state index contributed by atoms with van der Waals surface area (Å²) in [5, 5.41) is 11.3. The maximum atomic E-state index is 13.9. The monoisotopic (exact) mass is 458 g/mol. The molecule has 0 radical (unpaired) electrons. The van der Waals surface area contributed by atoms with Gasteiger partial charge in [-0.2, -0.15) is 18.0 Å². The van der Waals surface area contributed by atoms with E-state index in [1.54, 1.807) is 6.92 Å². The molecule has 172 valence electrons. The van der Waals surface area contributed by atoms with Crippen LogP contribution in [0.5, 0.6) is 0 Å². The number of likely N-dealkylation sites (tertiary alicyclic amines) is 1. The summed E-state index contributed by atoms with van der Waals surface area (Å²) in [5.41, 5.74) is 2.74. The van der Waals surface area contributed by atoms with Crippen LogP contribution in [-0.2, 0) is 22.3 Å². The third-order valence-corrected chi connectivity index (χ3v) is 5.13. The van der Waals surface area contributed by atoms with Crippen LogP contribution < -0.4 is 5.73 Å². The van der Waals surface area contributed by atoms with E-state index in [1.165, 1.54) is 6.08 Å². The average Bonchev–Trinajstić information content (AvgIpc) is 3.19. The molecule has 8 nitrogen and oxygen atoms in total. The number of aryl methyl sites for hydroxylation is 1. The Morgan fingerprint density at radius 1 is 1.28 bits per heavy atom. The fourth-order valence-electron chi connectivity index (χ4n) is 3.48. The number of halogens is 5. The topological polar surface area (TPSA) is 107 Å². The van der Waals surface area contributed by atoms with Crippen LogP contribution in [-0.4, -0.2) is 54.9 Å². The van der Waals surface area contributed by atoms with Gasteiger partial charge in [-0.25, -0.2) is 8.78 Å². The Morgan fingerprint density at radius 3 is 2.53 bits per heavy atom.